The molecule has 0 fully saturated rings. The summed E-state index contributed by atoms with van der Waals surface area (Å²) in [7, 11) is 0. The molecular weight excluding hydrogens is 278 g/mol. The Morgan fingerprint density at radius 1 is 1.13 bits per heavy atom. The van der Waals surface area contributed by atoms with E-state index in [1.165, 1.54) is 0 Å². The minimum Gasteiger partial charge on any atom is -0.445 e. The zero-order chi connectivity index (χ0) is 10.9. The van der Waals surface area contributed by atoms with Crippen molar-refractivity contribution in [3.63, 3.8) is 0 Å². The zero-order valence-electron chi connectivity index (χ0n) is 7.61. The maximum absolute atomic E-state index is 12.3. The molecule has 0 bridgehead atoms. The summed E-state index contributed by atoms with van der Waals surface area (Å²) in [6.07, 6.45) is 0.349. The molecule has 0 spiro atoms. The molecule has 0 aliphatic rings. The monoisotopic (exact) mass is 280 g/mol. The maximum Gasteiger partial charge on any atom is 1.00 e. The van der Waals surface area contributed by atoms with Crippen LogP contribution in [0.5, 0.6) is 0 Å². The smallest absolute Gasteiger partial charge is 0.445 e. The fourth-order valence-corrected chi connectivity index (χ4v) is 1.44. The third-order valence-corrected chi connectivity index (χ3v) is 2.53. The summed E-state index contributed by atoms with van der Waals surface area (Å²) in [6, 6.07) is 1.74. The number of rotatable bonds is 2. The molecule has 1 nitrogen and oxygen atoms in total. The van der Waals surface area contributed by atoms with Crippen LogP contribution in [0.4, 0.5) is 12.9 Å². The number of benzene rings is 1. The van der Waals surface area contributed by atoms with Crippen molar-refractivity contribution in [2.45, 2.75) is 0 Å². The van der Waals surface area contributed by atoms with Gasteiger partial charge in [0, 0.05) is 10.6 Å². The van der Waals surface area contributed by atoms with Gasteiger partial charge in [0.2, 0.25) is 0 Å². The summed E-state index contributed by atoms with van der Waals surface area (Å²) < 4.78 is 36.9. The van der Waals surface area contributed by atoms with Crippen molar-refractivity contribution in [3.8, 4) is 0 Å². The SMILES string of the molecule is O=Cc1ccc([B-](F)(F)F)c(Cl)c1Cl.[K+]. The molecule has 0 aromatic heterocycles. The van der Waals surface area contributed by atoms with Gasteiger partial charge in [-0.3, -0.25) is 4.79 Å². The molecule has 0 atom stereocenters. The molecule has 0 amide bonds. The van der Waals surface area contributed by atoms with Crippen LogP contribution in [0.25, 0.3) is 0 Å². The Labute approximate surface area is 137 Å². The summed E-state index contributed by atoms with van der Waals surface area (Å²) >= 11 is 10.8. The van der Waals surface area contributed by atoms with Crippen molar-refractivity contribution in [3.05, 3.63) is 27.7 Å². The molecule has 1 rings (SSSR count). The number of aldehydes is 1. The van der Waals surface area contributed by atoms with Crippen LogP contribution in [0.15, 0.2) is 12.1 Å². The average molecular weight is 281 g/mol. The Balaban J connectivity index is 0.00000196. The minimum absolute atomic E-state index is 0. The van der Waals surface area contributed by atoms with Crippen LogP contribution >= 0.6 is 23.2 Å². The molecule has 0 aliphatic heterocycles. The van der Waals surface area contributed by atoms with Crippen molar-refractivity contribution in [1.29, 1.82) is 0 Å². The van der Waals surface area contributed by atoms with Gasteiger partial charge >= 0.3 is 58.4 Å². The molecule has 0 N–H and O–H groups in total. The molecular formula is C7H3BCl2F3KO. The predicted molar refractivity (Wildman–Crippen MR) is 50.6 cm³/mol. The molecule has 76 valence electrons. The third kappa shape index (κ3) is 3.73. The van der Waals surface area contributed by atoms with E-state index in [-0.39, 0.29) is 62.0 Å². The largest absolute Gasteiger partial charge is 1.00 e. The molecule has 8 heteroatoms. The Kier molecular flexibility index (Phi) is 6.43. The zero-order valence-corrected chi connectivity index (χ0v) is 12.2. The van der Waals surface area contributed by atoms with Crippen LogP contribution in [-0.4, -0.2) is 13.3 Å². The van der Waals surface area contributed by atoms with Gasteiger partial charge in [-0.15, -0.1) is 0 Å². The van der Waals surface area contributed by atoms with E-state index < -0.39 is 17.5 Å². The Hall–Kier alpha value is 0.961. The minimum atomic E-state index is -5.20. The van der Waals surface area contributed by atoms with Crippen molar-refractivity contribution >= 4 is 41.9 Å². The Morgan fingerprint density at radius 3 is 2.07 bits per heavy atom. The van der Waals surface area contributed by atoms with Gasteiger partial charge in [0.25, 0.3) is 0 Å². The van der Waals surface area contributed by atoms with Gasteiger partial charge < -0.3 is 12.9 Å². The summed E-state index contributed by atoms with van der Waals surface area (Å²) in [5, 5.41) is -0.984. The third-order valence-electron chi connectivity index (χ3n) is 1.62. The first-order valence-electron chi connectivity index (χ1n) is 3.51. The predicted octanol–water partition coefficient (Wildman–Crippen LogP) is -0.136. The van der Waals surface area contributed by atoms with E-state index in [0.717, 1.165) is 12.1 Å². The molecule has 0 aliphatic carbocycles. The van der Waals surface area contributed by atoms with Crippen molar-refractivity contribution in [2.75, 3.05) is 0 Å². The fraction of sp³-hybridized carbons (Fsp3) is 0. The van der Waals surface area contributed by atoms with Gasteiger partial charge in [0.15, 0.2) is 6.29 Å². The maximum atomic E-state index is 12.3. The summed E-state index contributed by atoms with van der Waals surface area (Å²) in [5.41, 5.74) is -1.04. The number of hydrogen-bond donors (Lipinski definition) is 0. The van der Waals surface area contributed by atoms with Crippen LogP contribution in [0, 0.1) is 0 Å². The quantitative estimate of drug-likeness (QED) is 0.545. The second kappa shape index (κ2) is 6.05. The number of carbonyl (C=O) groups is 1. The van der Waals surface area contributed by atoms with E-state index >= 15 is 0 Å². The summed E-state index contributed by atoms with van der Waals surface area (Å²) in [5.74, 6) is 0. The van der Waals surface area contributed by atoms with E-state index in [1.807, 2.05) is 0 Å². The van der Waals surface area contributed by atoms with Gasteiger partial charge in [-0.05, 0) is 0 Å². The van der Waals surface area contributed by atoms with Gasteiger partial charge in [-0.1, -0.05) is 40.8 Å². The van der Waals surface area contributed by atoms with E-state index in [4.69, 9.17) is 23.2 Å². The molecule has 0 unspecified atom stereocenters. The van der Waals surface area contributed by atoms with E-state index in [2.05, 4.69) is 0 Å². The van der Waals surface area contributed by atoms with Crippen molar-refractivity contribution < 1.29 is 69.1 Å². The molecule has 0 saturated heterocycles. The van der Waals surface area contributed by atoms with Gasteiger partial charge in [-0.25, -0.2) is 0 Å². The van der Waals surface area contributed by atoms with Crippen LogP contribution in [0.3, 0.4) is 0 Å². The summed E-state index contributed by atoms with van der Waals surface area (Å²) in [4.78, 5) is 10.3. The standard InChI is InChI=1S/C7H3BCl2F3O.K/c9-6-4(3-14)1-2-5(7(6)10)8(11,12)13;/h1-3H;/q-1;+1. The van der Waals surface area contributed by atoms with E-state index in [9.17, 15) is 17.7 Å². The molecule has 1 aromatic carbocycles. The molecule has 0 heterocycles. The number of carbonyl (C=O) groups excluding carboxylic acids is 1. The first-order valence-corrected chi connectivity index (χ1v) is 4.26. The van der Waals surface area contributed by atoms with Crippen molar-refractivity contribution in [1.82, 2.24) is 0 Å². The second-order valence-electron chi connectivity index (χ2n) is 2.56. The van der Waals surface area contributed by atoms with Gasteiger partial charge in [-0.2, -0.15) is 0 Å². The first-order chi connectivity index (χ1) is 6.38. The topological polar surface area (TPSA) is 17.1 Å². The number of hydrogen-bond acceptors (Lipinski definition) is 1. The Bertz CT molecular complexity index is 383. The van der Waals surface area contributed by atoms with E-state index in [1.54, 1.807) is 0 Å². The van der Waals surface area contributed by atoms with Crippen LogP contribution in [0.1, 0.15) is 10.4 Å². The van der Waals surface area contributed by atoms with Crippen molar-refractivity contribution in [2.24, 2.45) is 0 Å². The Morgan fingerprint density at radius 2 is 1.67 bits per heavy atom. The molecule has 1 aromatic rings. The molecule has 0 radical (unpaired) electrons. The van der Waals surface area contributed by atoms with Crippen LogP contribution in [-0.2, 0) is 0 Å². The number of halogens is 5. The molecule has 0 saturated carbocycles. The van der Waals surface area contributed by atoms with Gasteiger partial charge in [0.1, 0.15) is 0 Å². The van der Waals surface area contributed by atoms with Crippen LogP contribution < -0.4 is 56.8 Å². The molecule has 15 heavy (non-hydrogen) atoms. The second-order valence-corrected chi connectivity index (χ2v) is 3.32. The average Bonchev–Trinajstić information content (AvgIpc) is 2.07. The fourth-order valence-electron chi connectivity index (χ4n) is 0.923. The van der Waals surface area contributed by atoms with Crippen LogP contribution in [0.2, 0.25) is 10.0 Å². The summed E-state index contributed by atoms with van der Waals surface area (Å²) in [6.45, 7) is -5.20. The van der Waals surface area contributed by atoms with Gasteiger partial charge in [0.05, 0.1) is 5.02 Å². The van der Waals surface area contributed by atoms with E-state index in [0.29, 0.717) is 6.29 Å². The first kappa shape index (κ1) is 16.0. The normalized spacial score (nSPS) is 10.7.